The van der Waals surface area contributed by atoms with E-state index in [0.717, 1.165) is 21.2 Å². The van der Waals surface area contributed by atoms with E-state index >= 15 is 0 Å². The highest BCUT2D eigenvalue weighted by Gasteiger charge is 2.31. The van der Waals surface area contributed by atoms with Crippen molar-refractivity contribution in [3.63, 3.8) is 0 Å². The predicted octanol–water partition coefficient (Wildman–Crippen LogP) is 3.71. The van der Waals surface area contributed by atoms with Crippen molar-refractivity contribution in [3.05, 3.63) is 63.6 Å². The molecule has 24 heavy (non-hydrogen) atoms. The van der Waals surface area contributed by atoms with E-state index in [-0.39, 0.29) is 0 Å². The first kappa shape index (κ1) is 17.2. The van der Waals surface area contributed by atoms with Crippen LogP contribution in [0.3, 0.4) is 0 Å². The Bertz CT molecular complexity index is 893. The zero-order valence-corrected chi connectivity index (χ0v) is 16.1. The Morgan fingerprint density at radius 1 is 1.12 bits per heavy atom. The Hall–Kier alpha value is -1.66. The van der Waals surface area contributed by atoms with Crippen LogP contribution in [0.1, 0.15) is 16.7 Å². The van der Waals surface area contributed by atoms with E-state index in [1.54, 1.807) is 6.07 Å². The van der Waals surface area contributed by atoms with Gasteiger partial charge in [-0.25, -0.2) is 8.42 Å². The van der Waals surface area contributed by atoms with Gasteiger partial charge >= 0.3 is 0 Å². The first-order valence-electron chi connectivity index (χ1n) is 7.76. The van der Waals surface area contributed by atoms with Crippen LogP contribution in [0.5, 0.6) is 0 Å². The van der Waals surface area contributed by atoms with E-state index in [9.17, 15) is 8.42 Å². The van der Waals surface area contributed by atoms with Gasteiger partial charge in [0.05, 0.1) is 18.0 Å². The minimum absolute atomic E-state index is 0.353. The topological polar surface area (TPSA) is 49.7 Å². The van der Waals surface area contributed by atoms with E-state index < -0.39 is 10.0 Å². The first-order chi connectivity index (χ1) is 11.4. The molecule has 2 aromatic carbocycles. The average Bonchev–Trinajstić information content (AvgIpc) is 3.00. The lowest BCUT2D eigenvalue weighted by Crippen LogP contribution is -2.35. The van der Waals surface area contributed by atoms with Gasteiger partial charge in [0.15, 0.2) is 0 Å². The third kappa shape index (κ3) is 3.26. The Labute approximate surface area is 151 Å². The second kappa shape index (κ2) is 6.69. The summed E-state index contributed by atoms with van der Waals surface area (Å²) < 4.78 is 28.7. The Morgan fingerprint density at radius 2 is 1.83 bits per heavy atom. The lowest BCUT2D eigenvalue weighted by Gasteiger charge is -2.22. The van der Waals surface area contributed by atoms with Crippen LogP contribution in [-0.4, -0.2) is 31.6 Å². The van der Waals surface area contributed by atoms with Crippen LogP contribution in [0.2, 0.25) is 0 Å². The largest absolute Gasteiger partial charge is 0.269 e. The fourth-order valence-electron chi connectivity index (χ4n) is 2.81. The molecule has 1 heterocycles. The van der Waals surface area contributed by atoms with Gasteiger partial charge in [0.2, 0.25) is 0 Å². The van der Waals surface area contributed by atoms with E-state index in [0.29, 0.717) is 30.2 Å². The van der Waals surface area contributed by atoms with Crippen molar-refractivity contribution in [3.8, 4) is 0 Å². The smallest absolute Gasteiger partial charge is 0.265 e. The van der Waals surface area contributed by atoms with Crippen LogP contribution in [0, 0.1) is 13.8 Å². The number of hydrogen-bond donors (Lipinski definition) is 0. The molecule has 0 atom stereocenters. The zero-order valence-electron chi connectivity index (χ0n) is 13.7. The lowest BCUT2D eigenvalue weighted by atomic mass is 10.1. The van der Waals surface area contributed by atoms with Gasteiger partial charge in [-0.15, -0.1) is 0 Å². The first-order valence-corrected chi connectivity index (χ1v) is 9.99. The molecule has 0 spiro atoms. The fraction of sp³-hybridized carbons (Fsp3) is 0.278. The molecule has 0 saturated heterocycles. The van der Waals surface area contributed by atoms with Gasteiger partial charge in [-0.1, -0.05) is 46.3 Å². The summed E-state index contributed by atoms with van der Waals surface area (Å²) in [7, 11) is -3.60. The quantitative estimate of drug-likeness (QED) is 0.776. The van der Waals surface area contributed by atoms with E-state index in [4.69, 9.17) is 0 Å². The molecule has 0 N–H and O–H groups in total. The van der Waals surface area contributed by atoms with Crippen molar-refractivity contribution in [1.29, 1.82) is 0 Å². The third-order valence-electron chi connectivity index (χ3n) is 4.11. The van der Waals surface area contributed by atoms with Crippen LogP contribution in [0.4, 0.5) is 0 Å². The van der Waals surface area contributed by atoms with Gasteiger partial charge in [0, 0.05) is 10.9 Å². The minimum Gasteiger partial charge on any atom is -0.269 e. The monoisotopic (exact) mass is 406 g/mol. The molecule has 126 valence electrons. The molecule has 3 rings (SSSR count). The van der Waals surface area contributed by atoms with Crippen LogP contribution >= 0.6 is 15.9 Å². The van der Waals surface area contributed by atoms with Crippen molar-refractivity contribution in [2.45, 2.75) is 25.2 Å². The standard InChI is InChI=1S/C18H19BrN2O2S/c1-13-11-17(14(2)10-16(13)19)24(22,23)21-9-8-20-18(21)12-15-6-4-3-5-7-15/h3-7,10-11H,8-9,12H2,1-2H3. The number of amidine groups is 1. The molecule has 4 nitrogen and oxygen atoms in total. The molecule has 0 fully saturated rings. The van der Waals surface area contributed by atoms with Crippen molar-refractivity contribution >= 4 is 31.8 Å². The SMILES string of the molecule is Cc1cc(S(=O)(=O)N2CCN=C2Cc2ccccc2)c(C)cc1Br. The molecule has 1 aliphatic rings. The maximum Gasteiger partial charge on any atom is 0.265 e. The van der Waals surface area contributed by atoms with Crippen molar-refractivity contribution in [2.24, 2.45) is 4.99 Å². The molecule has 1 aliphatic heterocycles. The second-order valence-electron chi connectivity index (χ2n) is 5.90. The number of sulfonamides is 1. The highest BCUT2D eigenvalue weighted by Crippen LogP contribution is 2.28. The summed E-state index contributed by atoms with van der Waals surface area (Å²) in [6, 6.07) is 13.4. The molecule has 0 aliphatic carbocycles. The molecule has 0 radical (unpaired) electrons. The van der Waals surface area contributed by atoms with Gasteiger partial charge < -0.3 is 0 Å². The summed E-state index contributed by atoms with van der Waals surface area (Å²) in [5, 5.41) is 0. The summed E-state index contributed by atoms with van der Waals surface area (Å²) >= 11 is 3.45. The summed E-state index contributed by atoms with van der Waals surface area (Å²) in [6.07, 6.45) is 0.522. The highest BCUT2D eigenvalue weighted by molar-refractivity contribution is 9.10. The van der Waals surface area contributed by atoms with Gasteiger partial charge in [0.1, 0.15) is 5.84 Å². The number of benzene rings is 2. The van der Waals surface area contributed by atoms with Gasteiger partial charge in [-0.3, -0.25) is 9.30 Å². The minimum atomic E-state index is -3.60. The van der Waals surface area contributed by atoms with Crippen molar-refractivity contribution < 1.29 is 8.42 Å². The third-order valence-corrected chi connectivity index (χ3v) is 6.94. The number of aliphatic imine (C=N–C) groups is 1. The van der Waals surface area contributed by atoms with Crippen LogP contribution in [0.25, 0.3) is 0 Å². The Kier molecular flexibility index (Phi) is 4.78. The lowest BCUT2D eigenvalue weighted by molar-refractivity contribution is 0.535. The van der Waals surface area contributed by atoms with E-state index in [1.165, 1.54) is 4.31 Å². The number of nitrogens with zero attached hydrogens (tertiary/aromatic N) is 2. The Balaban J connectivity index is 1.95. The summed E-state index contributed by atoms with van der Waals surface area (Å²) in [5.41, 5.74) is 2.69. The number of rotatable bonds is 4. The molecule has 0 aromatic heterocycles. The van der Waals surface area contributed by atoms with E-state index in [1.807, 2.05) is 50.2 Å². The molecular formula is C18H19BrN2O2S. The number of halogens is 1. The highest BCUT2D eigenvalue weighted by atomic mass is 79.9. The summed E-state index contributed by atoms with van der Waals surface area (Å²) in [5.74, 6) is 0.612. The van der Waals surface area contributed by atoms with Gasteiger partial charge in [0.25, 0.3) is 10.0 Å². The van der Waals surface area contributed by atoms with Crippen molar-refractivity contribution in [1.82, 2.24) is 4.31 Å². The number of aryl methyl sites for hydroxylation is 2. The molecule has 0 saturated carbocycles. The second-order valence-corrected chi connectivity index (χ2v) is 8.59. The summed E-state index contributed by atoms with van der Waals surface area (Å²) in [4.78, 5) is 4.78. The molecule has 0 amide bonds. The normalized spacial score (nSPS) is 14.8. The van der Waals surface area contributed by atoms with Crippen molar-refractivity contribution in [2.75, 3.05) is 13.1 Å². The van der Waals surface area contributed by atoms with Crippen LogP contribution < -0.4 is 0 Å². The van der Waals surface area contributed by atoms with Gasteiger partial charge in [-0.2, -0.15) is 0 Å². The zero-order chi connectivity index (χ0) is 17.3. The maximum atomic E-state index is 13.1. The van der Waals surface area contributed by atoms with Gasteiger partial charge in [-0.05, 0) is 42.7 Å². The number of hydrogen-bond acceptors (Lipinski definition) is 3. The molecular weight excluding hydrogens is 388 g/mol. The molecule has 2 aromatic rings. The molecule has 0 bridgehead atoms. The average molecular weight is 407 g/mol. The predicted molar refractivity (Wildman–Crippen MR) is 100.0 cm³/mol. The Morgan fingerprint density at radius 3 is 2.54 bits per heavy atom. The molecule has 0 unspecified atom stereocenters. The molecule has 6 heteroatoms. The van der Waals surface area contributed by atoms with Crippen LogP contribution in [0.15, 0.2) is 56.8 Å². The van der Waals surface area contributed by atoms with Crippen LogP contribution in [-0.2, 0) is 16.4 Å². The van der Waals surface area contributed by atoms with E-state index in [2.05, 4.69) is 20.9 Å². The summed E-state index contributed by atoms with van der Waals surface area (Å²) in [6.45, 7) is 4.63. The maximum absolute atomic E-state index is 13.1. The fourth-order valence-corrected chi connectivity index (χ4v) is 5.02.